The third-order valence-electron chi connectivity index (χ3n) is 3.45. The topological polar surface area (TPSA) is 75.8 Å². The summed E-state index contributed by atoms with van der Waals surface area (Å²) in [6, 6.07) is 4.93. The molecule has 1 unspecified atom stereocenters. The molecule has 5 heteroatoms. The fourth-order valence-electron chi connectivity index (χ4n) is 1.84. The highest BCUT2D eigenvalue weighted by atomic mass is 16.5. The van der Waals surface area contributed by atoms with E-state index in [-0.39, 0.29) is 23.3 Å². The zero-order valence-electron chi connectivity index (χ0n) is 12.6. The Hall–Kier alpha value is -1.75. The van der Waals surface area contributed by atoms with Gasteiger partial charge in [-0.05, 0) is 24.5 Å². The van der Waals surface area contributed by atoms with E-state index >= 15 is 0 Å². The summed E-state index contributed by atoms with van der Waals surface area (Å²) in [4.78, 5) is 13.9. The van der Waals surface area contributed by atoms with Gasteiger partial charge in [-0.3, -0.25) is 4.79 Å². The number of nitrogens with two attached hydrogens (primary N) is 1. The predicted molar refractivity (Wildman–Crippen MR) is 79.0 cm³/mol. The quantitative estimate of drug-likeness (QED) is 0.833. The molecule has 0 radical (unpaired) electrons. The minimum absolute atomic E-state index is 0.0594. The lowest BCUT2D eigenvalue weighted by Crippen LogP contribution is -2.34. The van der Waals surface area contributed by atoms with Crippen LogP contribution in [0.3, 0.4) is 0 Å². The highest BCUT2D eigenvalue weighted by Gasteiger charge is 2.19. The van der Waals surface area contributed by atoms with Crippen molar-refractivity contribution in [2.24, 2.45) is 11.7 Å². The summed E-state index contributed by atoms with van der Waals surface area (Å²) in [6.07, 6.45) is 0.727. The van der Waals surface area contributed by atoms with Gasteiger partial charge in [-0.1, -0.05) is 19.9 Å². The Balaban J connectivity index is 2.75. The fourth-order valence-corrected chi connectivity index (χ4v) is 1.84. The lowest BCUT2D eigenvalue weighted by Gasteiger charge is -2.22. The Morgan fingerprint density at radius 2 is 2.10 bits per heavy atom. The minimum Gasteiger partial charge on any atom is -0.504 e. The second-order valence-electron chi connectivity index (χ2n) is 5.28. The molecule has 0 bridgehead atoms. The first-order chi connectivity index (χ1) is 9.38. The van der Waals surface area contributed by atoms with Gasteiger partial charge in [0.25, 0.3) is 5.91 Å². The fraction of sp³-hybridized carbons (Fsp3) is 0.533. The summed E-state index contributed by atoms with van der Waals surface area (Å²) in [5.41, 5.74) is 6.21. The van der Waals surface area contributed by atoms with Crippen molar-refractivity contribution in [2.75, 3.05) is 20.7 Å². The van der Waals surface area contributed by atoms with Gasteiger partial charge < -0.3 is 20.5 Å². The Kier molecular flexibility index (Phi) is 5.82. The second-order valence-corrected chi connectivity index (χ2v) is 5.28. The number of phenolic OH excluding ortho intramolecular Hbond substituents is 1. The van der Waals surface area contributed by atoms with Gasteiger partial charge in [0.1, 0.15) is 0 Å². The molecule has 3 N–H and O–H groups in total. The van der Waals surface area contributed by atoms with E-state index in [4.69, 9.17) is 10.5 Å². The summed E-state index contributed by atoms with van der Waals surface area (Å²) in [6.45, 7) is 4.66. The van der Waals surface area contributed by atoms with Gasteiger partial charge in [-0.25, -0.2) is 0 Å². The third-order valence-corrected chi connectivity index (χ3v) is 3.45. The third kappa shape index (κ3) is 3.87. The van der Waals surface area contributed by atoms with Crippen LogP contribution in [-0.4, -0.2) is 42.7 Å². The zero-order chi connectivity index (χ0) is 15.3. The number of phenols is 1. The molecular weight excluding hydrogens is 256 g/mol. The molecule has 0 saturated heterocycles. The van der Waals surface area contributed by atoms with Gasteiger partial charge in [-0.15, -0.1) is 0 Å². The SMILES string of the molecule is COc1cccc(C(=O)N(C)CCC(N)C(C)C)c1O. The molecule has 0 aromatic heterocycles. The van der Waals surface area contributed by atoms with Gasteiger partial charge >= 0.3 is 0 Å². The Bertz CT molecular complexity index is 460. The van der Waals surface area contributed by atoms with Crippen LogP contribution in [0.15, 0.2) is 18.2 Å². The molecule has 0 spiro atoms. The van der Waals surface area contributed by atoms with E-state index in [1.807, 2.05) is 0 Å². The number of amides is 1. The van der Waals surface area contributed by atoms with Crippen LogP contribution >= 0.6 is 0 Å². The van der Waals surface area contributed by atoms with Gasteiger partial charge in [-0.2, -0.15) is 0 Å². The van der Waals surface area contributed by atoms with E-state index in [1.54, 1.807) is 30.1 Å². The van der Waals surface area contributed by atoms with Gasteiger partial charge in [0.2, 0.25) is 0 Å². The standard InChI is InChI=1S/C15H24N2O3/c1-10(2)12(16)8-9-17(3)15(19)11-6-5-7-13(20-4)14(11)18/h5-7,10,12,18H,8-9,16H2,1-4H3. The number of nitrogens with zero attached hydrogens (tertiary/aromatic N) is 1. The molecule has 1 aromatic carbocycles. The van der Waals surface area contributed by atoms with Crippen molar-refractivity contribution in [1.82, 2.24) is 4.90 Å². The number of rotatable bonds is 6. The molecule has 1 atom stereocenters. The smallest absolute Gasteiger partial charge is 0.257 e. The van der Waals surface area contributed by atoms with Gasteiger partial charge in [0.05, 0.1) is 12.7 Å². The molecule has 1 aromatic rings. The maximum atomic E-state index is 12.3. The summed E-state index contributed by atoms with van der Waals surface area (Å²) in [5.74, 6) is 0.309. The van der Waals surface area contributed by atoms with Crippen LogP contribution in [0.5, 0.6) is 11.5 Å². The number of carbonyl (C=O) groups excluding carboxylic acids is 1. The Morgan fingerprint density at radius 1 is 1.45 bits per heavy atom. The van der Waals surface area contributed by atoms with Crippen molar-refractivity contribution in [3.8, 4) is 11.5 Å². The van der Waals surface area contributed by atoms with Crippen LogP contribution in [0.2, 0.25) is 0 Å². The molecule has 0 fully saturated rings. The minimum atomic E-state index is -0.239. The van der Waals surface area contributed by atoms with Crippen molar-refractivity contribution in [2.45, 2.75) is 26.3 Å². The van der Waals surface area contributed by atoms with Gasteiger partial charge in [0.15, 0.2) is 11.5 Å². The van der Waals surface area contributed by atoms with Crippen LogP contribution in [0.25, 0.3) is 0 Å². The molecule has 0 aliphatic carbocycles. The molecule has 1 rings (SSSR count). The highest BCUT2D eigenvalue weighted by molar-refractivity contribution is 5.97. The molecule has 20 heavy (non-hydrogen) atoms. The number of aromatic hydroxyl groups is 1. The van der Waals surface area contributed by atoms with Crippen LogP contribution in [0.4, 0.5) is 0 Å². The number of benzene rings is 1. The first-order valence-corrected chi connectivity index (χ1v) is 6.75. The molecule has 0 aliphatic heterocycles. The Labute approximate surface area is 120 Å². The maximum Gasteiger partial charge on any atom is 0.257 e. The van der Waals surface area contributed by atoms with Crippen molar-refractivity contribution < 1.29 is 14.6 Å². The van der Waals surface area contributed by atoms with E-state index in [0.29, 0.717) is 18.2 Å². The number of methoxy groups -OCH3 is 1. The lowest BCUT2D eigenvalue weighted by molar-refractivity contribution is 0.0785. The van der Waals surface area contributed by atoms with Crippen molar-refractivity contribution in [1.29, 1.82) is 0 Å². The molecule has 0 heterocycles. The number of para-hydroxylation sites is 1. The molecular formula is C15H24N2O3. The van der Waals surface area contributed by atoms with Crippen molar-refractivity contribution in [3.63, 3.8) is 0 Å². The zero-order valence-corrected chi connectivity index (χ0v) is 12.6. The number of hydrogen-bond acceptors (Lipinski definition) is 4. The average molecular weight is 280 g/mol. The summed E-state index contributed by atoms with van der Waals surface area (Å²) in [7, 11) is 3.16. The molecule has 5 nitrogen and oxygen atoms in total. The van der Waals surface area contributed by atoms with Crippen LogP contribution in [0, 0.1) is 5.92 Å². The normalized spacial score (nSPS) is 12.3. The summed E-state index contributed by atoms with van der Waals surface area (Å²) in [5, 5.41) is 9.98. The molecule has 112 valence electrons. The van der Waals surface area contributed by atoms with Crippen LogP contribution in [0.1, 0.15) is 30.6 Å². The number of ether oxygens (including phenoxy) is 1. The van der Waals surface area contributed by atoms with Gasteiger partial charge in [0, 0.05) is 19.6 Å². The first-order valence-electron chi connectivity index (χ1n) is 6.75. The Morgan fingerprint density at radius 3 is 2.65 bits per heavy atom. The van der Waals surface area contributed by atoms with E-state index in [9.17, 15) is 9.90 Å². The highest BCUT2D eigenvalue weighted by Crippen LogP contribution is 2.30. The second kappa shape index (κ2) is 7.14. The van der Waals surface area contributed by atoms with Crippen molar-refractivity contribution in [3.05, 3.63) is 23.8 Å². The summed E-state index contributed by atoms with van der Waals surface area (Å²) < 4.78 is 5.00. The molecule has 0 saturated carbocycles. The van der Waals surface area contributed by atoms with E-state index in [0.717, 1.165) is 6.42 Å². The first kappa shape index (κ1) is 16.3. The van der Waals surface area contributed by atoms with Crippen LogP contribution < -0.4 is 10.5 Å². The van der Waals surface area contributed by atoms with E-state index < -0.39 is 0 Å². The predicted octanol–water partition coefficient (Wildman–Crippen LogP) is 1.85. The largest absolute Gasteiger partial charge is 0.504 e. The summed E-state index contributed by atoms with van der Waals surface area (Å²) >= 11 is 0. The van der Waals surface area contributed by atoms with E-state index in [1.165, 1.54) is 7.11 Å². The number of carbonyl (C=O) groups is 1. The monoisotopic (exact) mass is 280 g/mol. The number of hydrogen-bond donors (Lipinski definition) is 2. The molecule has 1 amide bonds. The molecule has 0 aliphatic rings. The van der Waals surface area contributed by atoms with Crippen molar-refractivity contribution >= 4 is 5.91 Å². The van der Waals surface area contributed by atoms with Crippen LogP contribution in [-0.2, 0) is 0 Å². The average Bonchev–Trinajstić information content (AvgIpc) is 2.43. The maximum absolute atomic E-state index is 12.3. The lowest BCUT2D eigenvalue weighted by atomic mass is 10.0. The van der Waals surface area contributed by atoms with E-state index in [2.05, 4.69) is 13.8 Å².